The standard InChI is InChI=1S/C21H25ClN2O3S/c1-17-2-6-19(7-3-17)21(16-24-11-13-27-14-12-24)23-28(25,26)15-10-18-4-8-20(22)9-5-18/h2-10,15,21,23H,11-14,16H2,1H3/p+1/b15-10+/t21-/m1/s1. The number of rotatable bonds is 7. The molecule has 0 radical (unpaired) electrons. The first kappa shape index (κ1) is 21.0. The van der Waals surface area contributed by atoms with E-state index in [-0.39, 0.29) is 6.04 Å². The van der Waals surface area contributed by atoms with Crippen LogP contribution >= 0.6 is 11.6 Å². The third-order valence-electron chi connectivity index (χ3n) is 4.79. The van der Waals surface area contributed by atoms with Gasteiger partial charge in [-0.05, 0) is 36.3 Å². The van der Waals surface area contributed by atoms with Gasteiger partial charge in [0.2, 0.25) is 10.0 Å². The minimum absolute atomic E-state index is 0.298. The second-order valence-corrected chi connectivity index (χ2v) is 9.08. The zero-order valence-corrected chi connectivity index (χ0v) is 17.5. The highest BCUT2D eigenvalue weighted by atomic mass is 35.5. The van der Waals surface area contributed by atoms with Crippen LogP contribution in [-0.2, 0) is 14.8 Å². The molecule has 5 nitrogen and oxygen atoms in total. The van der Waals surface area contributed by atoms with E-state index in [4.69, 9.17) is 16.3 Å². The van der Waals surface area contributed by atoms with Crippen molar-refractivity contribution in [1.29, 1.82) is 0 Å². The van der Waals surface area contributed by atoms with Crippen molar-refractivity contribution < 1.29 is 18.1 Å². The van der Waals surface area contributed by atoms with E-state index in [1.807, 2.05) is 31.2 Å². The molecule has 0 unspecified atom stereocenters. The highest BCUT2D eigenvalue weighted by Gasteiger charge is 2.24. The molecule has 7 heteroatoms. The number of hydrogen-bond acceptors (Lipinski definition) is 3. The predicted molar refractivity (Wildman–Crippen MR) is 113 cm³/mol. The van der Waals surface area contributed by atoms with Crippen LogP contribution in [0.3, 0.4) is 0 Å². The number of quaternary nitrogens is 1. The van der Waals surface area contributed by atoms with Gasteiger partial charge in [0.15, 0.2) is 0 Å². The van der Waals surface area contributed by atoms with E-state index in [2.05, 4.69) is 4.72 Å². The van der Waals surface area contributed by atoms with Crippen molar-refractivity contribution in [3.8, 4) is 0 Å². The molecule has 0 saturated carbocycles. The molecule has 150 valence electrons. The van der Waals surface area contributed by atoms with E-state index in [0.717, 1.165) is 29.8 Å². The number of ether oxygens (including phenoxy) is 1. The molecular formula is C21H26ClN2O3S+. The topological polar surface area (TPSA) is 59.8 Å². The van der Waals surface area contributed by atoms with Crippen LogP contribution in [0.5, 0.6) is 0 Å². The fraction of sp³-hybridized carbons (Fsp3) is 0.333. The summed E-state index contributed by atoms with van der Waals surface area (Å²) in [4.78, 5) is 1.33. The van der Waals surface area contributed by atoms with Crippen molar-refractivity contribution in [2.24, 2.45) is 0 Å². The SMILES string of the molecule is Cc1ccc([C@@H](C[NH+]2CCOCC2)NS(=O)(=O)/C=C/c2ccc(Cl)cc2)cc1. The monoisotopic (exact) mass is 421 g/mol. The molecule has 1 heterocycles. The van der Waals surface area contributed by atoms with Crippen molar-refractivity contribution >= 4 is 27.7 Å². The molecule has 0 amide bonds. The maximum atomic E-state index is 12.7. The fourth-order valence-corrected chi connectivity index (χ4v) is 4.32. The molecule has 0 aliphatic carbocycles. The molecule has 3 rings (SSSR count). The smallest absolute Gasteiger partial charge is 0.234 e. The highest BCUT2D eigenvalue weighted by Crippen LogP contribution is 2.15. The molecule has 28 heavy (non-hydrogen) atoms. The Hall–Kier alpha value is -1.70. The number of nitrogens with one attached hydrogen (secondary N) is 2. The average Bonchev–Trinajstić information content (AvgIpc) is 2.68. The summed E-state index contributed by atoms with van der Waals surface area (Å²) in [6.07, 6.45) is 1.58. The van der Waals surface area contributed by atoms with Gasteiger partial charge < -0.3 is 9.64 Å². The van der Waals surface area contributed by atoms with Gasteiger partial charge in [-0.25, -0.2) is 8.42 Å². The van der Waals surface area contributed by atoms with Crippen LogP contribution in [0.15, 0.2) is 53.9 Å². The van der Waals surface area contributed by atoms with Crippen LogP contribution in [-0.4, -0.2) is 41.3 Å². The summed E-state index contributed by atoms with van der Waals surface area (Å²) in [5, 5.41) is 1.83. The zero-order chi connectivity index (χ0) is 20.0. The van der Waals surface area contributed by atoms with E-state index in [1.54, 1.807) is 30.3 Å². The molecule has 2 aromatic rings. The van der Waals surface area contributed by atoms with Gasteiger partial charge in [-0.3, -0.25) is 0 Å². The minimum Gasteiger partial charge on any atom is -0.370 e. The lowest BCUT2D eigenvalue weighted by Gasteiger charge is -2.28. The van der Waals surface area contributed by atoms with Gasteiger partial charge in [-0.1, -0.05) is 53.6 Å². The van der Waals surface area contributed by atoms with Gasteiger partial charge in [-0.2, -0.15) is 4.72 Å². The number of morpholine rings is 1. The Morgan fingerprint density at radius 1 is 1.11 bits per heavy atom. The van der Waals surface area contributed by atoms with E-state index >= 15 is 0 Å². The number of sulfonamides is 1. The summed E-state index contributed by atoms with van der Waals surface area (Å²) in [5.74, 6) is 0. The van der Waals surface area contributed by atoms with Crippen LogP contribution in [0.1, 0.15) is 22.7 Å². The lowest BCUT2D eigenvalue weighted by molar-refractivity contribution is -0.909. The van der Waals surface area contributed by atoms with Crippen molar-refractivity contribution in [3.05, 3.63) is 75.7 Å². The molecule has 0 aromatic heterocycles. The maximum Gasteiger partial charge on any atom is 0.234 e. The van der Waals surface area contributed by atoms with Gasteiger partial charge in [0, 0.05) is 10.4 Å². The normalized spacial score (nSPS) is 17.1. The van der Waals surface area contributed by atoms with Crippen molar-refractivity contribution in [1.82, 2.24) is 4.72 Å². The van der Waals surface area contributed by atoms with Gasteiger partial charge in [0.05, 0.1) is 25.8 Å². The molecule has 0 bridgehead atoms. The van der Waals surface area contributed by atoms with Gasteiger partial charge >= 0.3 is 0 Å². The molecule has 0 spiro atoms. The number of hydrogen-bond donors (Lipinski definition) is 2. The lowest BCUT2D eigenvalue weighted by atomic mass is 10.1. The first-order chi connectivity index (χ1) is 13.4. The zero-order valence-electron chi connectivity index (χ0n) is 15.9. The first-order valence-electron chi connectivity index (χ1n) is 9.35. The average molecular weight is 422 g/mol. The number of halogens is 1. The van der Waals surface area contributed by atoms with Crippen LogP contribution in [0.4, 0.5) is 0 Å². The molecule has 1 aliphatic heterocycles. The fourth-order valence-electron chi connectivity index (χ4n) is 3.16. The second-order valence-electron chi connectivity index (χ2n) is 7.05. The summed E-state index contributed by atoms with van der Waals surface area (Å²) in [5.41, 5.74) is 2.89. The third-order valence-corrected chi connectivity index (χ3v) is 6.15. The van der Waals surface area contributed by atoms with Crippen LogP contribution in [0, 0.1) is 6.92 Å². The highest BCUT2D eigenvalue weighted by molar-refractivity contribution is 7.92. The quantitative estimate of drug-likeness (QED) is 0.720. The summed E-state index contributed by atoms with van der Waals surface area (Å²) < 4.78 is 33.7. The molecule has 1 aliphatic rings. The molecule has 1 atom stereocenters. The lowest BCUT2D eigenvalue weighted by Crippen LogP contribution is -3.14. The Bertz CT molecular complexity index is 890. The minimum atomic E-state index is -3.61. The van der Waals surface area contributed by atoms with Crippen molar-refractivity contribution in [2.75, 3.05) is 32.8 Å². The predicted octanol–water partition coefficient (Wildman–Crippen LogP) is 2.19. The van der Waals surface area contributed by atoms with E-state index in [0.29, 0.717) is 24.8 Å². The third kappa shape index (κ3) is 6.43. The van der Waals surface area contributed by atoms with Gasteiger partial charge in [-0.15, -0.1) is 0 Å². The summed E-state index contributed by atoms with van der Waals surface area (Å²) >= 11 is 5.88. The van der Waals surface area contributed by atoms with Crippen LogP contribution < -0.4 is 9.62 Å². The largest absolute Gasteiger partial charge is 0.370 e. The number of benzene rings is 2. The summed E-state index contributed by atoms with van der Waals surface area (Å²) in [6, 6.07) is 14.7. The van der Waals surface area contributed by atoms with Crippen LogP contribution in [0.25, 0.3) is 6.08 Å². The Morgan fingerprint density at radius 2 is 1.75 bits per heavy atom. The molecule has 2 N–H and O–H groups in total. The Morgan fingerprint density at radius 3 is 2.39 bits per heavy atom. The summed E-state index contributed by atoms with van der Waals surface area (Å²) in [6.45, 7) is 5.87. The molecule has 2 aromatic carbocycles. The molecule has 1 saturated heterocycles. The Labute approximate surface area is 172 Å². The van der Waals surface area contributed by atoms with E-state index < -0.39 is 10.0 Å². The van der Waals surface area contributed by atoms with Crippen LogP contribution in [0.2, 0.25) is 5.02 Å². The van der Waals surface area contributed by atoms with Crippen molar-refractivity contribution in [2.45, 2.75) is 13.0 Å². The molecular weight excluding hydrogens is 396 g/mol. The second kappa shape index (κ2) is 9.67. The van der Waals surface area contributed by atoms with E-state index in [9.17, 15) is 8.42 Å². The maximum absolute atomic E-state index is 12.7. The Balaban J connectivity index is 1.76. The first-order valence-corrected chi connectivity index (χ1v) is 11.3. The molecule has 1 fully saturated rings. The Kier molecular flexibility index (Phi) is 7.26. The van der Waals surface area contributed by atoms with Gasteiger partial charge in [0.1, 0.15) is 13.1 Å². The van der Waals surface area contributed by atoms with Crippen molar-refractivity contribution in [3.63, 3.8) is 0 Å². The van der Waals surface area contributed by atoms with Gasteiger partial charge in [0.25, 0.3) is 0 Å². The summed E-state index contributed by atoms with van der Waals surface area (Å²) in [7, 11) is -3.61. The number of aryl methyl sites for hydroxylation is 1. The van der Waals surface area contributed by atoms with E-state index in [1.165, 1.54) is 10.3 Å².